The van der Waals surface area contributed by atoms with E-state index < -0.39 is 18.2 Å². The highest BCUT2D eigenvalue weighted by Gasteiger charge is 2.31. The molecule has 33 heavy (non-hydrogen) atoms. The molecule has 170 valence electrons. The monoisotopic (exact) mass is 467 g/mol. The molecule has 0 saturated carbocycles. The van der Waals surface area contributed by atoms with E-state index in [0.29, 0.717) is 39.6 Å². The Bertz CT molecular complexity index is 1170. The van der Waals surface area contributed by atoms with Crippen molar-refractivity contribution in [2.24, 2.45) is 0 Å². The topological polar surface area (TPSA) is 123 Å². The Hall–Kier alpha value is -3.80. The van der Waals surface area contributed by atoms with E-state index in [1.54, 1.807) is 25.1 Å². The third-order valence-corrected chi connectivity index (χ3v) is 5.45. The van der Waals surface area contributed by atoms with E-state index in [0.717, 1.165) is 0 Å². The number of hydrogen-bond acceptors (Lipinski definition) is 6. The van der Waals surface area contributed by atoms with Gasteiger partial charge in [-0.3, -0.25) is 4.79 Å². The van der Waals surface area contributed by atoms with Crippen molar-refractivity contribution in [2.45, 2.75) is 25.6 Å². The maximum atomic E-state index is 13.0. The van der Waals surface area contributed by atoms with Crippen LogP contribution in [0.25, 0.3) is 5.57 Å². The number of carbonyl (C=O) groups excluding carboxylic acids is 1. The third-order valence-electron chi connectivity index (χ3n) is 5.21. The zero-order valence-corrected chi connectivity index (χ0v) is 18.7. The molecule has 3 rings (SSSR count). The number of amides is 1. The van der Waals surface area contributed by atoms with Crippen molar-refractivity contribution in [2.75, 3.05) is 12.4 Å². The fourth-order valence-corrected chi connectivity index (χ4v) is 3.72. The Labute approximate surface area is 196 Å². The van der Waals surface area contributed by atoms with Crippen LogP contribution in [0.4, 0.5) is 5.69 Å². The molecular weight excluding hydrogens is 446 g/mol. The Morgan fingerprint density at radius 3 is 2.55 bits per heavy atom. The number of aliphatic hydroxyl groups excluding tert-OH is 1. The molecule has 0 spiro atoms. The first-order chi connectivity index (χ1) is 15.8. The Morgan fingerprint density at radius 1 is 1.27 bits per heavy atom. The van der Waals surface area contributed by atoms with Crippen LogP contribution >= 0.6 is 11.6 Å². The summed E-state index contributed by atoms with van der Waals surface area (Å²) in [5, 5.41) is 32.5. The van der Waals surface area contributed by atoms with Crippen molar-refractivity contribution in [3.8, 4) is 6.07 Å². The number of nitrogens with one attached hydrogen (secondary N) is 1. The molecule has 0 bridgehead atoms. The van der Waals surface area contributed by atoms with Gasteiger partial charge in [-0.25, -0.2) is 4.79 Å². The van der Waals surface area contributed by atoms with E-state index in [9.17, 15) is 20.0 Å². The quantitative estimate of drug-likeness (QED) is 0.565. The van der Waals surface area contributed by atoms with Crippen molar-refractivity contribution in [1.82, 2.24) is 4.90 Å². The first kappa shape index (κ1) is 23.9. The lowest BCUT2D eigenvalue weighted by molar-refractivity contribution is -0.123. The summed E-state index contributed by atoms with van der Waals surface area (Å²) < 4.78 is 5.50. The molecule has 1 heterocycles. The van der Waals surface area contributed by atoms with Gasteiger partial charge < -0.3 is 25.2 Å². The summed E-state index contributed by atoms with van der Waals surface area (Å²) in [4.78, 5) is 25.4. The first-order valence-electron chi connectivity index (χ1n) is 10.1. The molecule has 0 saturated heterocycles. The van der Waals surface area contributed by atoms with Crippen molar-refractivity contribution in [3.05, 3.63) is 82.2 Å². The molecule has 0 fully saturated rings. The number of nitrogens with zero attached hydrogens (tertiary/aromatic N) is 2. The second-order valence-electron chi connectivity index (χ2n) is 7.24. The van der Waals surface area contributed by atoms with Gasteiger partial charge in [0.1, 0.15) is 18.0 Å². The predicted octanol–water partition coefficient (Wildman–Crippen LogP) is 3.83. The van der Waals surface area contributed by atoms with Crippen LogP contribution in [0, 0.1) is 11.3 Å². The Balaban J connectivity index is 1.87. The molecular formula is C24H22ClN3O5. The van der Waals surface area contributed by atoms with Crippen LogP contribution in [0.5, 0.6) is 0 Å². The van der Waals surface area contributed by atoms with Gasteiger partial charge in [0.05, 0.1) is 24.3 Å². The summed E-state index contributed by atoms with van der Waals surface area (Å²) in [5.41, 5.74) is 1.89. The van der Waals surface area contributed by atoms with Gasteiger partial charge >= 0.3 is 5.97 Å². The number of allylic oxidation sites excluding steroid dienone is 1. The van der Waals surface area contributed by atoms with Gasteiger partial charge in [0, 0.05) is 28.0 Å². The van der Waals surface area contributed by atoms with Gasteiger partial charge in [-0.05, 0) is 55.0 Å². The Morgan fingerprint density at radius 2 is 1.97 bits per heavy atom. The van der Waals surface area contributed by atoms with Crippen LogP contribution in [0.2, 0.25) is 5.02 Å². The number of aromatic carboxylic acids is 1. The van der Waals surface area contributed by atoms with Gasteiger partial charge in [-0.1, -0.05) is 18.5 Å². The van der Waals surface area contributed by atoms with Crippen molar-refractivity contribution in [1.29, 1.82) is 5.26 Å². The number of carboxylic acids is 1. The molecule has 2 unspecified atom stereocenters. The average molecular weight is 468 g/mol. The minimum absolute atomic E-state index is 0.106. The number of ether oxygens (including phenoxy) is 1. The van der Waals surface area contributed by atoms with Crippen molar-refractivity contribution < 1.29 is 24.5 Å². The molecule has 1 aliphatic rings. The number of halogens is 1. The summed E-state index contributed by atoms with van der Waals surface area (Å²) in [6, 6.07) is 11.9. The lowest BCUT2D eigenvalue weighted by Gasteiger charge is -2.35. The molecule has 0 aliphatic carbocycles. The van der Waals surface area contributed by atoms with Crippen molar-refractivity contribution in [3.63, 3.8) is 0 Å². The molecule has 1 amide bonds. The maximum Gasteiger partial charge on any atom is 0.335 e. The number of carboxylic acid groups (broad SMARTS) is 1. The minimum atomic E-state index is -1.17. The van der Waals surface area contributed by atoms with E-state index in [4.69, 9.17) is 21.4 Å². The molecule has 2 atom stereocenters. The normalized spacial score (nSPS) is 16.2. The SMILES string of the molecule is CCC(C(=O)Nc1ccc(C(=O)O)cc1)N1C=C(OC)C(c2cc(Cl)ccc2C#N)=CC1O. The van der Waals surface area contributed by atoms with Crippen LogP contribution in [-0.4, -0.2) is 46.4 Å². The van der Waals surface area contributed by atoms with Gasteiger partial charge in [-0.15, -0.1) is 0 Å². The number of nitriles is 1. The second kappa shape index (κ2) is 10.2. The van der Waals surface area contributed by atoms with Crippen LogP contribution in [0.1, 0.15) is 34.8 Å². The smallest absolute Gasteiger partial charge is 0.335 e. The highest BCUT2D eigenvalue weighted by Crippen LogP contribution is 2.34. The molecule has 0 aromatic heterocycles. The van der Waals surface area contributed by atoms with E-state index in [1.165, 1.54) is 48.6 Å². The summed E-state index contributed by atoms with van der Waals surface area (Å²) in [6.45, 7) is 1.80. The number of methoxy groups -OCH3 is 1. The van der Waals surface area contributed by atoms with Crippen LogP contribution in [-0.2, 0) is 9.53 Å². The summed E-state index contributed by atoms with van der Waals surface area (Å²) >= 11 is 6.11. The molecule has 2 aromatic rings. The van der Waals surface area contributed by atoms with Gasteiger partial charge in [0.25, 0.3) is 0 Å². The van der Waals surface area contributed by atoms with E-state index >= 15 is 0 Å². The summed E-state index contributed by atoms with van der Waals surface area (Å²) in [7, 11) is 1.46. The summed E-state index contributed by atoms with van der Waals surface area (Å²) in [5.74, 6) is -1.09. The predicted molar refractivity (Wildman–Crippen MR) is 123 cm³/mol. The number of anilines is 1. The Kier molecular flexibility index (Phi) is 7.38. The maximum absolute atomic E-state index is 13.0. The largest absolute Gasteiger partial charge is 0.495 e. The number of benzene rings is 2. The molecule has 1 aliphatic heterocycles. The van der Waals surface area contributed by atoms with E-state index in [2.05, 4.69) is 11.4 Å². The fourth-order valence-electron chi connectivity index (χ4n) is 3.55. The van der Waals surface area contributed by atoms with Gasteiger partial charge in [0.2, 0.25) is 5.91 Å². The van der Waals surface area contributed by atoms with Crippen LogP contribution in [0.15, 0.2) is 60.5 Å². The lowest BCUT2D eigenvalue weighted by Crippen LogP contribution is -2.47. The lowest BCUT2D eigenvalue weighted by atomic mass is 9.96. The van der Waals surface area contributed by atoms with Gasteiger partial charge in [0.15, 0.2) is 0 Å². The number of aliphatic hydroxyl groups is 1. The molecule has 3 N–H and O–H groups in total. The van der Waals surface area contributed by atoms with E-state index in [-0.39, 0.29) is 11.5 Å². The molecule has 0 radical (unpaired) electrons. The molecule has 2 aromatic carbocycles. The average Bonchev–Trinajstić information content (AvgIpc) is 2.80. The van der Waals surface area contributed by atoms with Gasteiger partial charge in [-0.2, -0.15) is 5.26 Å². The van der Waals surface area contributed by atoms with Crippen molar-refractivity contribution >= 4 is 34.7 Å². The fraction of sp³-hybridized carbons (Fsp3) is 0.208. The molecule has 8 nitrogen and oxygen atoms in total. The van der Waals surface area contributed by atoms with E-state index in [1.807, 2.05) is 0 Å². The number of carbonyl (C=O) groups is 2. The second-order valence-corrected chi connectivity index (χ2v) is 7.67. The zero-order valence-electron chi connectivity index (χ0n) is 17.9. The number of rotatable bonds is 7. The van der Waals surface area contributed by atoms with Crippen LogP contribution < -0.4 is 5.32 Å². The van der Waals surface area contributed by atoms with Crippen LogP contribution in [0.3, 0.4) is 0 Å². The number of hydrogen-bond donors (Lipinski definition) is 3. The highest BCUT2D eigenvalue weighted by atomic mass is 35.5. The zero-order chi connectivity index (χ0) is 24.1. The standard InChI is InChI=1S/C24H22ClN3O5/c1-3-20(23(30)27-17-8-5-14(6-9-17)24(31)32)28-13-21(33-2)19(11-22(28)29)18-10-16(25)7-4-15(18)12-26/h4-11,13,20,22,29H,3H2,1-2H3,(H,27,30)(H,31,32). The minimum Gasteiger partial charge on any atom is -0.495 e. The molecule has 9 heteroatoms. The first-order valence-corrected chi connectivity index (χ1v) is 10.4. The highest BCUT2D eigenvalue weighted by molar-refractivity contribution is 6.30. The third kappa shape index (κ3) is 5.17. The summed E-state index contributed by atoms with van der Waals surface area (Å²) in [6.07, 6.45) is 2.23.